The number of fused-ring (bicyclic) bond motifs is 3. The number of anilines is 2. The van der Waals surface area contributed by atoms with Crippen LogP contribution in [-0.4, -0.2) is 81.0 Å². The topological polar surface area (TPSA) is 112 Å². The molecule has 4 aliphatic rings. The van der Waals surface area contributed by atoms with Crippen LogP contribution in [0.3, 0.4) is 0 Å². The molecule has 1 aliphatic carbocycles. The van der Waals surface area contributed by atoms with E-state index in [1.54, 1.807) is 23.0 Å². The number of alkyl halides is 1. The lowest BCUT2D eigenvalue weighted by Gasteiger charge is -2.31. The molecule has 204 valence electrons. The predicted octanol–water partition coefficient (Wildman–Crippen LogP) is 2.38. The summed E-state index contributed by atoms with van der Waals surface area (Å²) in [5, 5.41) is 17.4. The van der Waals surface area contributed by atoms with Gasteiger partial charge in [0, 0.05) is 43.5 Å². The Morgan fingerprint density at radius 2 is 2.05 bits per heavy atom. The summed E-state index contributed by atoms with van der Waals surface area (Å²) in [6, 6.07) is 5.41. The molecule has 0 bridgehead atoms. The third-order valence-corrected chi connectivity index (χ3v) is 8.83. The first-order valence-electron chi connectivity index (χ1n) is 13.4. The van der Waals surface area contributed by atoms with Crippen molar-refractivity contribution in [3.8, 4) is 0 Å². The van der Waals surface area contributed by atoms with Gasteiger partial charge >= 0.3 is 0 Å². The Morgan fingerprint density at radius 1 is 1.28 bits per heavy atom. The number of aliphatic hydroxyl groups is 1. The van der Waals surface area contributed by atoms with Gasteiger partial charge in [-0.05, 0) is 55.4 Å². The number of piperidine rings is 1. The number of carbonyl (C=O) groups is 2. The van der Waals surface area contributed by atoms with E-state index in [0.29, 0.717) is 51.7 Å². The van der Waals surface area contributed by atoms with Crippen LogP contribution in [0.5, 0.6) is 0 Å². The monoisotopic (exact) mass is 534 g/mol. The number of halogens is 1. The van der Waals surface area contributed by atoms with E-state index < -0.39 is 11.8 Å². The zero-order valence-corrected chi connectivity index (χ0v) is 21.9. The molecule has 2 amide bonds. The molecule has 3 aromatic rings. The Hall–Kier alpha value is -3.57. The minimum Gasteiger partial charge on any atom is -0.387 e. The van der Waals surface area contributed by atoms with Crippen molar-refractivity contribution >= 4 is 28.8 Å². The lowest BCUT2D eigenvalue weighted by molar-refractivity contribution is -0.0473. The number of hydrogen-bond donors (Lipinski definition) is 2. The summed E-state index contributed by atoms with van der Waals surface area (Å²) in [5.41, 5.74) is 1.86. The van der Waals surface area contributed by atoms with Crippen molar-refractivity contribution < 1.29 is 23.8 Å². The summed E-state index contributed by atoms with van der Waals surface area (Å²) in [4.78, 5) is 34.7. The maximum atomic E-state index is 14.7. The lowest BCUT2D eigenvalue weighted by atomic mass is 9.98. The number of hydrogen-bond acceptors (Lipinski definition) is 7. The van der Waals surface area contributed by atoms with Crippen LogP contribution in [0.15, 0.2) is 36.8 Å². The Kier molecular flexibility index (Phi) is 5.47. The van der Waals surface area contributed by atoms with Gasteiger partial charge in [0.2, 0.25) is 0 Å². The van der Waals surface area contributed by atoms with Crippen molar-refractivity contribution in [2.24, 2.45) is 23.7 Å². The van der Waals surface area contributed by atoms with Gasteiger partial charge in [-0.3, -0.25) is 9.59 Å². The fourth-order valence-corrected chi connectivity index (χ4v) is 6.46. The van der Waals surface area contributed by atoms with Gasteiger partial charge < -0.3 is 25.0 Å². The molecule has 0 radical (unpaired) electrons. The Balaban J connectivity index is 1.19. The Morgan fingerprint density at radius 3 is 2.74 bits per heavy atom. The van der Waals surface area contributed by atoms with Crippen molar-refractivity contribution in [2.75, 3.05) is 43.1 Å². The second-order valence-corrected chi connectivity index (χ2v) is 11.8. The van der Waals surface area contributed by atoms with Crippen LogP contribution < -0.4 is 10.2 Å². The number of rotatable bonds is 7. The Labute approximate surface area is 224 Å². The molecule has 11 heteroatoms. The molecule has 1 saturated carbocycles. The van der Waals surface area contributed by atoms with E-state index in [4.69, 9.17) is 4.74 Å². The smallest absolute Gasteiger partial charge is 0.261 e. The summed E-state index contributed by atoms with van der Waals surface area (Å²) in [6.07, 6.45) is 3.24. The number of amides is 2. The predicted molar refractivity (Wildman–Crippen MR) is 140 cm³/mol. The third kappa shape index (κ3) is 4.06. The highest BCUT2D eigenvalue weighted by molar-refractivity contribution is 6.10. The maximum absolute atomic E-state index is 14.7. The number of nitrogens with zero attached hydrogens (tertiary/aromatic N) is 5. The van der Waals surface area contributed by atoms with E-state index >= 15 is 0 Å². The van der Waals surface area contributed by atoms with Crippen LogP contribution in [-0.2, 0) is 11.3 Å². The molecule has 5 heterocycles. The average Bonchev–Trinajstić information content (AvgIpc) is 3.24. The van der Waals surface area contributed by atoms with E-state index in [0.717, 1.165) is 32.0 Å². The quantitative estimate of drug-likeness (QED) is 0.479. The first kappa shape index (κ1) is 24.5. The second-order valence-electron chi connectivity index (χ2n) is 11.8. The lowest BCUT2D eigenvalue weighted by Crippen LogP contribution is -2.42. The van der Waals surface area contributed by atoms with Gasteiger partial charge in [0.25, 0.3) is 11.8 Å². The summed E-state index contributed by atoms with van der Waals surface area (Å²) in [7, 11) is 0. The first-order valence-corrected chi connectivity index (χ1v) is 13.4. The standard InChI is InChI=1S/C28H31FN6O4/c1-28(2,38)23(29)12-34-9-15-6-21(32-26(36)18-8-31-35-5-3-4-30-25(18)35)22(7-17(15)27(34)37)33-10-19-20(11-33)24(19)16-13-39-14-16/h3-8,16,19-20,23-24,38H,9-14H2,1-2H3,(H,32,36)/t19?,20?,23-,24?/m1/s1. The second kappa shape index (κ2) is 8.72. The highest BCUT2D eigenvalue weighted by Gasteiger charge is 2.60. The van der Waals surface area contributed by atoms with Crippen LogP contribution in [0.2, 0.25) is 0 Å². The number of nitrogens with one attached hydrogen (secondary N) is 1. The molecule has 7 rings (SSSR count). The van der Waals surface area contributed by atoms with Crippen LogP contribution in [0.4, 0.5) is 15.8 Å². The molecule has 3 fully saturated rings. The molecular formula is C28H31FN6O4. The van der Waals surface area contributed by atoms with Gasteiger partial charge in [-0.2, -0.15) is 5.10 Å². The van der Waals surface area contributed by atoms with Gasteiger partial charge in [0.1, 0.15) is 11.7 Å². The van der Waals surface area contributed by atoms with Crippen molar-refractivity contribution in [1.82, 2.24) is 19.5 Å². The largest absolute Gasteiger partial charge is 0.387 e. The molecule has 3 aliphatic heterocycles. The van der Waals surface area contributed by atoms with E-state index in [-0.39, 0.29) is 24.9 Å². The highest BCUT2D eigenvalue weighted by Crippen LogP contribution is 2.58. The zero-order chi connectivity index (χ0) is 27.1. The number of carbonyl (C=O) groups excluding carboxylic acids is 2. The van der Waals surface area contributed by atoms with E-state index in [1.807, 2.05) is 12.1 Å². The van der Waals surface area contributed by atoms with Gasteiger partial charge in [-0.1, -0.05) is 0 Å². The van der Waals surface area contributed by atoms with Crippen molar-refractivity contribution in [3.05, 3.63) is 53.5 Å². The Bertz CT molecular complexity index is 1470. The first-order chi connectivity index (χ1) is 18.7. The molecule has 3 atom stereocenters. The molecule has 2 N–H and O–H groups in total. The number of benzene rings is 1. The van der Waals surface area contributed by atoms with Gasteiger partial charge in [-0.15, -0.1) is 0 Å². The van der Waals surface area contributed by atoms with Crippen LogP contribution >= 0.6 is 0 Å². The normalized spacial score (nSPS) is 25.0. The SMILES string of the molecule is CC(C)(O)[C@H](F)CN1Cc2cc(NC(=O)c3cnn4cccnc34)c(N3CC4C(C3)C4C3COC3)cc2C1=O. The van der Waals surface area contributed by atoms with E-state index in [1.165, 1.54) is 24.9 Å². The maximum Gasteiger partial charge on any atom is 0.261 e. The molecule has 2 aromatic heterocycles. The van der Waals surface area contributed by atoms with Gasteiger partial charge in [-0.25, -0.2) is 13.9 Å². The van der Waals surface area contributed by atoms with Crippen molar-refractivity contribution in [1.29, 1.82) is 0 Å². The van der Waals surface area contributed by atoms with Crippen LogP contribution in [0.1, 0.15) is 40.1 Å². The summed E-state index contributed by atoms with van der Waals surface area (Å²) < 4.78 is 21.6. The van der Waals surface area contributed by atoms with E-state index in [9.17, 15) is 19.1 Å². The molecule has 10 nitrogen and oxygen atoms in total. The molecular weight excluding hydrogens is 503 g/mol. The van der Waals surface area contributed by atoms with Gasteiger partial charge in [0.05, 0.1) is 42.9 Å². The molecule has 39 heavy (non-hydrogen) atoms. The molecule has 2 saturated heterocycles. The number of aromatic nitrogens is 3. The zero-order valence-electron chi connectivity index (χ0n) is 21.9. The average molecular weight is 535 g/mol. The van der Waals surface area contributed by atoms with Crippen molar-refractivity contribution in [3.63, 3.8) is 0 Å². The molecule has 1 aromatic carbocycles. The van der Waals surface area contributed by atoms with E-state index in [2.05, 4.69) is 20.3 Å². The number of ether oxygens (including phenoxy) is 1. The minimum atomic E-state index is -1.59. The third-order valence-electron chi connectivity index (χ3n) is 8.83. The van der Waals surface area contributed by atoms with Gasteiger partial charge in [0.15, 0.2) is 5.65 Å². The summed E-state index contributed by atoms with van der Waals surface area (Å²) in [5.74, 6) is 1.90. The minimum absolute atomic E-state index is 0.207. The fourth-order valence-electron chi connectivity index (χ4n) is 6.46. The summed E-state index contributed by atoms with van der Waals surface area (Å²) >= 11 is 0. The van der Waals surface area contributed by atoms with Crippen molar-refractivity contribution in [2.45, 2.75) is 32.2 Å². The van der Waals surface area contributed by atoms with Crippen LogP contribution in [0, 0.1) is 23.7 Å². The fraction of sp³-hybridized carbons (Fsp3) is 0.500. The molecule has 2 unspecified atom stereocenters. The molecule has 0 spiro atoms. The van der Waals surface area contributed by atoms with Crippen LogP contribution in [0.25, 0.3) is 5.65 Å². The highest BCUT2D eigenvalue weighted by atomic mass is 19.1. The summed E-state index contributed by atoms with van der Waals surface area (Å²) in [6.45, 7) is 6.19.